The van der Waals surface area contributed by atoms with Crippen LogP contribution in [-0.4, -0.2) is 29.9 Å². The third-order valence-electron chi connectivity index (χ3n) is 4.29. The topological polar surface area (TPSA) is 81.9 Å². The van der Waals surface area contributed by atoms with Crippen molar-refractivity contribution in [1.29, 1.82) is 0 Å². The lowest BCUT2D eigenvalue weighted by molar-refractivity contribution is 0.0953. The number of ether oxygens (including phenoxy) is 2. The van der Waals surface area contributed by atoms with E-state index >= 15 is 0 Å². The second-order valence-electron chi connectivity index (χ2n) is 6.10. The van der Waals surface area contributed by atoms with Crippen LogP contribution in [0.5, 0.6) is 11.5 Å². The highest BCUT2D eigenvalue weighted by Gasteiger charge is 2.14. The van der Waals surface area contributed by atoms with Crippen LogP contribution in [-0.2, 0) is 7.05 Å². The van der Waals surface area contributed by atoms with Gasteiger partial charge in [0.2, 0.25) is 5.43 Å². The number of rotatable bonds is 3. The van der Waals surface area contributed by atoms with Crippen LogP contribution in [0.1, 0.15) is 15.9 Å². The molecule has 1 aliphatic heterocycles. The predicted octanol–water partition coefficient (Wildman–Crippen LogP) is 2.07. The molecule has 4 rings (SSSR count). The number of pyridine rings is 1. The molecule has 7 nitrogen and oxygen atoms in total. The van der Waals surface area contributed by atoms with Gasteiger partial charge in [-0.25, -0.2) is 5.43 Å². The Kier molecular flexibility index (Phi) is 4.33. The summed E-state index contributed by atoms with van der Waals surface area (Å²) in [7, 11) is 1.79. The van der Waals surface area contributed by atoms with Gasteiger partial charge >= 0.3 is 0 Å². The van der Waals surface area contributed by atoms with Crippen LogP contribution < -0.4 is 20.3 Å². The molecule has 0 saturated heterocycles. The quantitative estimate of drug-likeness (QED) is 0.571. The predicted molar refractivity (Wildman–Crippen MR) is 102 cm³/mol. The second kappa shape index (κ2) is 6.95. The fourth-order valence-corrected chi connectivity index (χ4v) is 2.97. The molecule has 2 heterocycles. The minimum Gasteiger partial charge on any atom is -0.486 e. The van der Waals surface area contributed by atoms with E-state index in [9.17, 15) is 9.59 Å². The normalized spacial score (nSPS) is 13.1. The standard InChI is InChI=1S/C20H17N3O4/c1-23-12-15(19(24)14-4-2-3-5-16(14)23)20(25)22-21-11-13-6-7-17-18(10-13)27-9-8-26-17/h2-7,10-12H,8-9H2,1H3,(H,22,25). The number of amides is 1. The van der Waals surface area contributed by atoms with Crippen molar-refractivity contribution in [3.05, 3.63) is 70.0 Å². The van der Waals surface area contributed by atoms with E-state index in [1.807, 2.05) is 12.1 Å². The summed E-state index contributed by atoms with van der Waals surface area (Å²) in [5, 5.41) is 4.44. The first-order chi connectivity index (χ1) is 13.1. The Labute approximate surface area is 154 Å². The minimum absolute atomic E-state index is 0.0375. The molecule has 1 amide bonds. The van der Waals surface area contributed by atoms with Crippen LogP contribution in [0.3, 0.4) is 0 Å². The van der Waals surface area contributed by atoms with E-state index in [0.717, 1.165) is 11.1 Å². The van der Waals surface area contributed by atoms with Crippen molar-refractivity contribution < 1.29 is 14.3 Å². The number of para-hydroxylation sites is 1. The molecular formula is C20H17N3O4. The van der Waals surface area contributed by atoms with Crippen molar-refractivity contribution in [1.82, 2.24) is 9.99 Å². The summed E-state index contributed by atoms with van der Waals surface area (Å²) >= 11 is 0. The van der Waals surface area contributed by atoms with Crippen molar-refractivity contribution in [3.63, 3.8) is 0 Å². The number of hydrogen-bond acceptors (Lipinski definition) is 5. The molecular weight excluding hydrogens is 346 g/mol. The van der Waals surface area contributed by atoms with E-state index in [1.165, 1.54) is 12.4 Å². The van der Waals surface area contributed by atoms with Gasteiger partial charge in [-0.1, -0.05) is 12.1 Å². The Balaban J connectivity index is 1.55. The Morgan fingerprint density at radius 3 is 2.78 bits per heavy atom. The Morgan fingerprint density at radius 2 is 1.93 bits per heavy atom. The summed E-state index contributed by atoms with van der Waals surface area (Å²) in [5.74, 6) is 0.761. The minimum atomic E-state index is -0.560. The number of nitrogens with zero attached hydrogens (tertiary/aromatic N) is 2. The van der Waals surface area contributed by atoms with Crippen LogP contribution in [0.25, 0.3) is 10.9 Å². The first-order valence-electron chi connectivity index (χ1n) is 8.45. The van der Waals surface area contributed by atoms with Gasteiger partial charge in [-0.15, -0.1) is 0 Å². The zero-order valence-electron chi connectivity index (χ0n) is 14.6. The third-order valence-corrected chi connectivity index (χ3v) is 4.29. The van der Waals surface area contributed by atoms with E-state index in [4.69, 9.17) is 9.47 Å². The Bertz CT molecular complexity index is 1120. The highest BCUT2D eigenvalue weighted by atomic mass is 16.6. The van der Waals surface area contributed by atoms with Gasteiger partial charge < -0.3 is 14.0 Å². The molecule has 0 unspecified atom stereocenters. The third kappa shape index (κ3) is 3.27. The zero-order valence-corrected chi connectivity index (χ0v) is 14.6. The maximum Gasteiger partial charge on any atom is 0.276 e. The average molecular weight is 363 g/mol. The molecule has 0 spiro atoms. The van der Waals surface area contributed by atoms with Gasteiger partial charge in [-0.3, -0.25) is 9.59 Å². The van der Waals surface area contributed by atoms with Gasteiger partial charge in [0.15, 0.2) is 11.5 Å². The largest absolute Gasteiger partial charge is 0.486 e. The van der Waals surface area contributed by atoms with E-state index in [2.05, 4.69) is 10.5 Å². The lowest BCUT2D eigenvalue weighted by Gasteiger charge is -2.18. The molecule has 0 atom stereocenters. The molecule has 7 heteroatoms. The summed E-state index contributed by atoms with van der Waals surface area (Å²) in [6.45, 7) is 1.02. The van der Waals surface area contributed by atoms with Crippen molar-refractivity contribution in [2.45, 2.75) is 0 Å². The maximum absolute atomic E-state index is 12.6. The molecule has 136 valence electrons. The Morgan fingerprint density at radius 1 is 1.15 bits per heavy atom. The van der Waals surface area contributed by atoms with Gasteiger partial charge in [0, 0.05) is 18.6 Å². The van der Waals surface area contributed by atoms with Gasteiger partial charge in [0.1, 0.15) is 18.8 Å². The molecule has 0 bridgehead atoms. The van der Waals surface area contributed by atoms with Gasteiger partial charge in [0.25, 0.3) is 5.91 Å². The molecule has 3 aromatic rings. The number of benzene rings is 2. The van der Waals surface area contributed by atoms with Crippen molar-refractivity contribution in [3.8, 4) is 11.5 Å². The molecule has 0 aliphatic carbocycles. The summed E-state index contributed by atoms with van der Waals surface area (Å²) < 4.78 is 12.7. The highest BCUT2D eigenvalue weighted by Crippen LogP contribution is 2.30. The van der Waals surface area contributed by atoms with Crippen LogP contribution >= 0.6 is 0 Å². The monoisotopic (exact) mass is 363 g/mol. The number of hydrogen-bond donors (Lipinski definition) is 1. The summed E-state index contributed by atoms with van der Waals surface area (Å²) in [5.41, 5.74) is 3.62. The second-order valence-corrected chi connectivity index (χ2v) is 6.10. The van der Waals surface area contributed by atoms with Crippen LogP contribution in [0.4, 0.5) is 0 Å². The molecule has 1 N–H and O–H groups in total. The number of nitrogens with one attached hydrogen (secondary N) is 1. The van der Waals surface area contributed by atoms with E-state index in [-0.39, 0.29) is 11.0 Å². The first kappa shape index (κ1) is 16.8. The molecule has 27 heavy (non-hydrogen) atoms. The van der Waals surface area contributed by atoms with Crippen LogP contribution in [0.15, 0.2) is 58.6 Å². The van der Waals surface area contributed by atoms with E-state index in [0.29, 0.717) is 30.1 Å². The molecule has 1 aliphatic rings. The summed E-state index contributed by atoms with van der Waals surface area (Å²) in [4.78, 5) is 25.0. The van der Waals surface area contributed by atoms with Gasteiger partial charge in [-0.2, -0.15) is 5.10 Å². The molecule has 0 saturated carbocycles. The smallest absolute Gasteiger partial charge is 0.276 e. The number of carbonyl (C=O) groups is 1. The van der Waals surface area contributed by atoms with Crippen LogP contribution in [0.2, 0.25) is 0 Å². The first-order valence-corrected chi connectivity index (χ1v) is 8.45. The molecule has 0 fully saturated rings. The van der Waals surface area contributed by atoms with Gasteiger partial charge in [0.05, 0.1) is 11.7 Å². The van der Waals surface area contributed by atoms with Crippen LogP contribution in [0, 0.1) is 0 Å². The van der Waals surface area contributed by atoms with E-state index in [1.54, 1.807) is 41.9 Å². The fourth-order valence-electron chi connectivity index (χ4n) is 2.97. The molecule has 1 aromatic heterocycles. The highest BCUT2D eigenvalue weighted by molar-refractivity contribution is 5.97. The van der Waals surface area contributed by atoms with Gasteiger partial charge in [-0.05, 0) is 35.9 Å². The maximum atomic E-state index is 12.6. The SMILES string of the molecule is Cn1cc(C(=O)NN=Cc2ccc3c(c2)OCCO3)c(=O)c2ccccc21. The lowest BCUT2D eigenvalue weighted by atomic mass is 10.1. The summed E-state index contributed by atoms with van der Waals surface area (Å²) in [6, 6.07) is 12.5. The summed E-state index contributed by atoms with van der Waals surface area (Å²) in [6.07, 6.45) is 3.00. The van der Waals surface area contributed by atoms with E-state index < -0.39 is 5.91 Å². The Hall–Kier alpha value is -3.61. The van der Waals surface area contributed by atoms with Crippen molar-refractivity contribution >= 4 is 23.0 Å². The number of aryl methyl sites for hydroxylation is 1. The van der Waals surface area contributed by atoms with Crippen molar-refractivity contribution in [2.24, 2.45) is 12.1 Å². The van der Waals surface area contributed by atoms with Crippen molar-refractivity contribution in [2.75, 3.05) is 13.2 Å². The number of carbonyl (C=O) groups excluding carboxylic acids is 1. The fraction of sp³-hybridized carbons (Fsp3) is 0.150. The number of hydrazone groups is 1. The number of fused-ring (bicyclic) bond motifs is 2. The molecule has 2 aromatic carbocycles. The average Bonchev–Trinajstić information content (AvgIpc) is 2.70. The lowest BCUT2D eigenvalue weighted by Crippen LogP contribution is -2.26. The number of aromatic nitrogens is 1. The molecule has 0 radical (unpaired) electrons. The zero-order chi connectivity index (χ0) is 18.8.